The molecule has 2 N–H and O–H groups in total. The number of urea groups is 1. The van der Waals surface area contributed by atoms with Crippen LogP contribution in [0.4, 0.5) is 10.5 Å². The second-order valence-corrected chi connectivity index (χ2v) is 8.48. The molecule has 2 heterocycles. The SMILES string of the molecule is CCc1ccc(-n2c(C)cc(C=C3NC(=O)N(CC(=O)Nc4ccc(C)cc4)C3=O)c2C)cc1. The first-order valence-corrected chi connectivity index (χ1v) is 11.3. The molecule has 0 spiro atoms. The van der Waals surface area contributed by atoms with Gasteiger partial charge in [0.25, 0.3) is 5.91 Å². The van der Waals surface area contributed by atoms with Crippen LogP contribution in [0.15, 0.2) is 60.3 Å². The minimum absolute atomic E-state index is 0.148. The van der Waals surface area contributed by atoms with Gasteiger partial charge in [-0.05, 0) is 74.7 Å². The van der Waals surface area contributed by atoms with Gasteiger partial charge in [-0.2, -0.15) is 0 Å². The molecule has 0 saturated carbocycles. The lowest BCUT2D eigenvalue weighted by atomic mass is 10.1. The average Bonchev–Trinajstić information content (AvgIpc) is 3.24. The van der Waals surface area contributed by atoms with Crippen molar-refractivity contribution >= 4 is 29.6 Å². The van der Waals surface area contributed by atoms with Crippen LogP contribution in [-0.4, -0.2) is 33.9 Å². The number of nitrogens with zero attached hydrogens (tertiary/aromatic N) is 2. The van der Waals surface area contributed by atoms with Gasteiger partial charge in [-0.25, -0.2) is 9.69 Å². The van der Waals surface area contributed by atoms with Gasteiger partial charge in [0.1, 0.15) is 12.2 Å². The Bertz CT molecular complexity index is 1280. The van der Waals surface area contributed by atoms with Crippen molar-refractivity contribution in [1.29, 1.82) is 0 Å². The van der Waals surface area contributed by atoms with Gasteiger partial charge >= 0.3 is 6.03 Å². The van der Waals surface area contributed by atoms with E-state index in [1.165, 1.54) is 5.56 Å². The van der Waals surface area contributed by atoms with E-state index in [0.29, 0.717) is 5.69 Å². The zero-order chi connectivity index (χ0) is 24.4. The van der Waals surface area contributed by atoms with Crippen molar-refractivity contribution in [3.8, 4) is 5.69 Å². The molecular weight excluding hydrogens is 428 g/mol. The van der Waals surface area contributed by atoms with Gasteiger partial charge in [0, 0.05) is 22.8 Å². The van der Waals surface area contributed by atoms with Crippen molar-refractivity contribution in [2.45, 2.75) is 34.1 Å². The first-order chi connectivity index (χ1) is 16.3. The molecule has 34 heavy (non-hydrogen) atoms. The fraction of sp³-hybridized carbons (Fsp3) is 0.222. The highest BCUT2D eigenvalue weighted by atomic mass is 16.2. The highest BCUT2D eigenvalue weighted by Gasteiger charge is 2.35. The summed E-state index contributed by atoms with van der Waals surface area (Å²) in [7, 11) is 0. The molecule has 0 bridgehead atoms. The van der Waals surface area contributed by atoms with Gasteiger partial charge in [0.2, 0.25) is 5.91 Å². The van der Waals surface area contributed by atoms with Crippen LogP contribution in [0.2, 0.25) is 0 Å². The molecule has 174 valence electrons. The number of hydrogen-bond acceptors (Lipinski definition) is 3. The van der Waals surface area contributed by atoms with Crippen molar-refractivity contribution in [2.24, 2.45) is 0 Å². The Balaban J connectivity index is 1.51. The zero-order valence-electron chi connectivity index (χ0n) is 19.8. The first-order valence-electron chi connectivity index (χ1n) is 11.3. The molecule has 4 amide bonds. The summed E-state index contributed by atoms with van der Waals surface area (Å²) in [4.78, 5) is 38.6. The minimum atomic E-state index is -0.612. The van der Waals surface area contributed by atoms with Gasteiger partial charge < -0.3 is 15.2 Å². The highest BCUT2D eigenvalue weighted by molar-refractivity contribution is 6.16. The summed E-state index contributed by atoms with van der Waals surface area (Å²) in [5.74, 6) is -0.969. The van der Waals surface area contributed by atoms with Gasteiger partial charge in [-0.1, -0.05) is 36.8 Å². The molecular formula is C27H28N4O3. The Labute approximate surface area is 199 Å². The third kappa shape index (κ3) is 4.64. The predicted molar refractivity (Wildman–Crippen MR) is 133 cm³/mol. The number of aromatic nitrogens is 1. The van der Waals surface area contributed by atoms with E-state index in [4.69, 9.17) is 0 Å². The topological polar surface area (TPSA) is 83.4 Å². The summed E-state index contributed by atoms with van der Waals surface area (Å²) in [6.07, 6.45) is 2.64. The number of nitrogens with one attached hydrogen (secondary N) is 2. The third-order valence-electron chi connectivity index (χ3n) is 5.97. The maximum Gasteiger partial charge on any atom is 0.329 e. The lowest BCUT2D eigenvalue weighted by molar-refractivity contribution is -0.127. The van der Waals surface area contributed by atoms with Crippen LogP contribution in [-0.2, 0) is 16.0 Å². The molecule has 1 fully saturated rings. The van der Waals surface area contributed by atoms with Crippen LogP contribution in [0, 0.1) is 20.8 Å². The van der Waals surface area contributed by atoms with E-state index >= 15 is 0 Å². The number of aryl methyl sites for hydroxylation is 3. The van der Waals surface area contributed by atoms with E-state index in [0.717, 1.165) is 39.5 Å². The van der Waals surface area contributed by atoms with Crippen molar-refractivity contribution < 1.29 is 14.4 Å². The number of carbonyl (C=O) groups excluding carboxylic acids is 3. The zero-order valence-corrected chi connectivity index (χ0v) is 19.8. The summed E-state index contributed by atoms with van der Waals surface area (Å²) in [6.45, 7) is 7.68. The molecule has 7 heteroatoms. The van der Waals surface area contributed by atoms with E-state index in [1.54, 1.807) is 18.2 Å². The summed E-state index contributed by atoms with van der Waals surface area (Å²) in [6, 6.07) is 17.0. The maximum atomic E-state index is 12.9. The largest absolute Gasteiger partial charge is 0.329 e. The lowest BCUT2D eigenvalue weighted by Crippen LogP contribution is -2.38. The third-order valence-corrected chi connectivity index (χ3v) is 5.97. The normalized spacial score (nSPS) is 14.6. The second kappa shape index (κ2) is 9.39. The van der Waals surface area contributed by atoms with Gasteiger partial charge in [0.15, 0.2) is 0 Å². The molecule has 0 aliphatic carbocycles. The Hall–Kier alpha value is -4.13. The predicted octanol–water partition coefficient (Wildman–Crippen LogP) is 4.50. The molecule has 4 rings (SSSR count). The fourth-order valence-corrected chi connectivity index (χ4v) is 4.06. The minimum Gasteiger partial charge on any atom is -0.325 e. The van der Waals surface area contributed by atoms with Crippen molar-refractivity contribution in [1.82, 2.24) is 14.8 Å². The molecule has 1 aromatic heterocycles. The smallest absolute Gasteiger partial charge is 0.325 e. The standard InChI is InChI=1S/C27H28N4O3/c1-5-20-8-12-23(13-9-20)31-18(3)14-21(19(31)4)15-24-26(33)30(27(34)29-24)16-25(32)28-22-10-6-17(2)7-11-22/h6-15H,5,16H2,1-4H3,(H,28,32)(H,29,34). The summed E-state index contributed by atoms with van der Waals surface area (Å²) in [5.41, 5.74) is 6.91. The van der Waals surface area contributed by atoms with Crippen LogP contribution < -0.4 is 10.6 Å². The summed E-state index contributed by atoms with van der Waals surface area (Å²) in [5, 5.41) is 5.31. The van der Waals surface area contributed by atoms with Crippen LogP contribution >= 0.6 is 0 Å². The number of rotatable bonds is 6. The van der Waals surface area contributed by atoms with E-state index in [1.807, 2.05) is 39.0 Å². The lowest BCUT2D eigenvalue weighted by Gasteiger charge is -2.12. The van der Waals surface area contributed by atoms with Crippen LogP contribution in [0.5, 0.6) is 0 Å². The van der Waals surface area contributed by atoms with Crippen LogP contribution in [0.25, 0.3) is 11.8 Å². The van der Waals surface area contributed by atoms with Crippen molar-refractivity contribution in [3.05, 3.63) is 88.4 Å². The highest BCUT2D eigenvalue weighted by Crippen LogP contribution is 2.24. The number of carbonyl (C=O) groups is 3. The average molecular weight is 457 g/mol. The fourth-order valence-electron chi connectivity index (χ4n) is 4.06. The number of amides is 4. The van der Waals surface area contributed by atoms with E-state index in [9.17, 15) is 14.4 Å². The van der Waals surface area contributed by atoms with Gasteiger partial charge in [-0.15, -0.1) is 0 Å². The number of hydrogen-bond donors (Lipinski definition) is 2. The Kier molecular flexibility index (Phi) is 6.36. The van der Waals surface area contributed by atoms with Crippen LogP contribution in [0.1, 0.15) is 35.0 Å². The Morgan fingerprint density at radius 3 is 2.32 bits per heavy atom. The second-order valence-electron chi connectivity index (χ2n) is 8.48. The number of anilines is 1. The molecule has 7 nitrogen and oxygen atoms in total. The quantitative estimate of drug-likeness (QED) is 0.423. The molecule has 0 radical (unpaired) electrons. The van der Waals surface area contributed by atoms with E-state index < -0.39 is 17.8 Å². The van der Waals surface area contributed by atoms with Gasteiger partial charge in [-0.3, -0.25) is 9.59 Å². The van der Waals surface area contributed by atoms with Crippen molar-refractivity contribution in [2.75, 3.05) is 11.9 Å². The van der Waals surface area contributed by atoms with Gasteiger partial charge in [0.05, 0.1) is 0 Å². The molecule has 1 saturated heterocycles. The molecule has 0 atom stereocenters. The number of imide groups is 1. The molecule has 1 aliphatic rings. The maximum absolute atomic E-state index is 12.9. The Morgan fingerprint density at radius 1 is 1.00 bits per heavy atom. The first kappa shape index (κ1) is 23.0. The number of benzene rings is 2. The Morgan fingerprint density at radius 2 is 1.68 bits per heavy atom. The summed E-state index contributed by atoms with van der Waals surface area (Å²) >= 11 is 0. The molecule has 2 aromatic carbocycles. The molecule has 1 aliphatic heterocycles. The molecule has 0 unspecified atom stereocenters. The summed E-state index contributed by atoms with van der Waals surface area (Å²) < 4.78 is 2.11. The van der Waals surface area contributed by atoms with E-state index in [2.05, 4.69) is 46.4 Å². The van der Waals surface area contributed by atoms with Crippen LogP contribution in [0.3, 0.4) is 0 Å². The van der Waals surface area contributed by atoms with E-state index in [-0.39, 0.29) is 12.2 Å². The molecule has 3 aromatic rings. The monoisotopic (exact) mass is 456 g/mol. The van der Waals surface area contributed by atoms with Crippen molar-refractivity contribution in [3.63, 3.8) is 0 Å².